The van der Waals surface area contributed by atoms with Crippen molar-refractivity contribution in [1.82, 2.24) is 0 Å². The summed E-state index contributed by atoms with van der Waals surface area (Å²) in [6.45, 7) is 0. The Morgan fingerprint density at radius 1 is 1.06 bits per heavy atom. The lowest BCUT2D eigenvalue weighted by atomic mass is 10.1. The molecule has 0 amide bonds. The highest BCUT2D eigenvalue weighted by Crippen LogP contribution is 2.27. The first-order chi connectivity index (χ1) is 8.83. The number of carbonyl (C=O) groups excluding carboxylic acids is 1. The number of rotatable bonds is 2. The largest absolute Gasteiger partial charge is 0.422 e. The molecule has 0 atom stereocenters. The van der Waals surface area contributed by atoms with Crippen molar-refractivity contribution in [3.8, 4) is 0 Å². The monoisotopic (exact) mass is 254 g/mol. The van der Waals surface area contributed by atoms with E-state index in [1.54, 1.807) is 17.4 Å². The Morgan fingerprint density at radius 2 is 1.89 bits per heavy atom. The number of hydrogen-bond donors (Lipinski definition) is 0. The van der Waals surface area contributed by atoms with E-state index in [1.165, 1.54) is 0 Å². The smallest absolute Gasteiger partial charge is 0.343 e. The van der Waals surface area contributed by atoms with Gasteiger partial charge in [0.25, 0.3) is 0 Å². The van der Waals surface area contributed by atoms with Gasteiger partial charge in [-0.25, -0.2) is 4.79 Å². The maximum Gasteiger partial charge on any atom is 0.343 e. The van der Waals surface area contributed by atoms with E-state index >= 15 is 0 Å². The molecular formula is C15H10O2S. The highest BCUT2D eigenvalue weighted by atomic mass is 32.1. The minimum Gasteiger partial charge on any atom is -0.422 e. The predicted molar refractivity (Wildman–Crippen MR) is 72.8 cm³/mol. The van der Waals surface area contributed by atoms with Gasteiger partial charge in [0, 0.05) is 10.4 Å². The van der Waals surface area contributed by atoms with Gasteiger partial charge in [-0.3, -0.25) is 0 Å². The third-order valence-electron chi connectivity index (χ3n) is 2.62. The zero-order chi connectivity index (χ0) is 12.4. The fourth-order valence-electron chi connectivity index (χ4n) is 1.76. The summed E-state index contributed by atoms with van der Waals surface area (Å²) in [6, 6.07) is 13.6. The predicted octanol–water partition coefficient (Wildman–Crippen LogP) is 3.73. The Bertz CT molecular complexity index is 622. The molecule has 1 aliphatic heterocycles. The Balaban J connectivity index is 1.95. The molecule has 0 saturated heterocycles. The van der Waals surface area contributed by atoms with Gasteiger partial charge in [0.15, 0.2) is 0 Å². The van der Waals surface area contributed by atoms with Crippen LogP contribution in [0.15, 0.2) is 59.5 Å². The standard InChI is InChI=1S/C15H10O2S/c16-15-12(9-13-7-4-8-18-13)10-14(17-15)11-5-2-1-3-6-11/h1-10H. The van der Waals surface area contributed by atoms with Gasteiger partial charge in [0.1, 0.15) is 5.76 Å². The van der Waals surface area contributed by atoms with Gasteiger partial charge < -0.3 is 4.74 Å². The van der Waals surface area contributed by atoms with Gasteiger partial charge in [0.05, 0.1) is 5.57 Å². The Hall–Kier alpha value is -2.13. The van der Waals surface area contributed by atoms with Gasteiger partial charge in [-0.05, 0) is 23.6 Å². The van der Waals surface area contributed by atoms with Crippen LogP contribution in [0.25, 0.3) is 11.8 Å². The van der Waals surface area contributed by atoms with Crippen molar-refractivity contribution in [2.24, 2.45) is 0 Å². The van der Waals surface area contributed by atoms with Crippen molar-refractivity contribution in [3.05, 3.63) is 69.9 Å². The van der Waals surface area contributed by atoms with Crippen LogP contribution in [-0.4, -0.2) is 5.97 Å². The van der Waals surface area contributed by atoms with E-state index in [9.17, 15) is 4.79 Å². The molecule has 1 aromatic heterocycles. The van der Waals surface area contributed by atoms with E-state index in [0.717, 1.165) is 10.4 Å². The van der Waals surface area contributed by atoms with E-state index < -0.39 is 0 Å². The molecule has 0 N–H and O–H groups in total. The fraction of sp³-hybridized carbons (Fsp3) is 0. The normalized spacial score (nSPS) is 16.8. The number of cyclic esters (lactones) is 1. The number of thiophene rings is 1. The maximum absolute atomic E-state index is 11.7. The second-order valence-corrected chi connectivity index (χ2v) is 4.86. The second kappa shape index (κ2) is 4.63. The minimum absolute atomic E-state index is 0.290. The van der Waals surface area contributed by atoms with E-state index in [1.807, 2.05) is 53.9 Å². The van der Waals surface area contributed by atoms with Gasteiger partial charge in [-0.15, -0.1) is 11.3 Å². The fourth-order valence-corrected chi connectivity index (χ4v) is 2.43. The third-order valence-corrected chi connectivity index (χ3v) is 3.44. The number of esters is 1. The first-order valence-electron chi connectivity index (χ1n) is 5.57. The number of carbonyl (C=O) groups is 1. The highest BCUT2D eigenvalue weighted by Gasteiger charge is 2.21. The number of ether oxygens (including phenoxy) is 1. The average molecular weight is 254 g/mol. The molecule has 0 saturated carbocycles. The number of benzene rings is 1. The molecule has 2 heterocycles. The molecule has 88 valence electrons. The Morgan fingerprint density at radius 3 is 2.61 bits per heavy atom. The van der Waals surface area contributed by atoms with Crippen molar-refractivity contribution in [3.63, 3.8) is 0 Å². The summed E-state index contributed by atoms with van der Waals surface area (Å²) >= 11 is 1.60. The van der Waals surface area contributed by atoms with Gasteiger partial charge in [-0.2, -0.15) is 0 Å². The number of hydrogen-bond acceptors (Lipinski definition) is 3. The lowest BCUT2D eigenvalue weighted by molar-refractivity contribution is -0.130. The molecule has 1 aromatic carbocycles. The topological polar surface area (TPSA) is 26.3 Å². The van der Waals surface area contributed by atoms with Crippen LogP contribution in [0.5, 0.6) is 0 Å². The molecule has 0 fully saturated rings. The minimum atomic E-state index is -0.290. The van der Waals surface area contributed by atoms with Crippen LogP contribution in [-0.2, 0) is 9.53 Å². The molecule has 0 aliphatic carbocycles. The van der Waals surface area contributed by atoms with Crippen LogP contribution in [0.2, 0.25) is 0 Å². The molecule has 0 spiro atoms. The zero-order valence-corrected chi connectivity index (χ0v) is 10.3. The third kappa shape index (κ3) is 2.13. The summed E-state index contributed by atoms with van der Waals surface area (Å²) in [5.74, 6) is 0.325. The molecular weight excluding hydrogens is 244 g/mol. The summed E-state index contributed by atoms with van der Waals surface area (Å²) < 4.78 is 5.27. The summed E-state index contributed by atoms with van der Waals surface area (Å²) in [5.41, 5.74) is 1.51. The molecule has 18 heavy (non-hydrogen) atoms. The van der Waals surface area contributed by atoms with Crippen LogP contribution < -0.4 is 0 Å². The van der Waals surface area contributed by atoms with E-state index in [4.69, 9.17) is 4.74 Å². The van der Waals surface area contributed by atoms with Crippen LogP contribution in [0.4, 0.5) is 0 Å². The molecule has 3 rings (SSSR count). The lowest BCUT2D eigenvalue weighted by Gasteiger charge is -1.99. The highest BCUT2D eigenvalue weighted by molar-refractivity contribution is 7.10. The molecule has 0 unspecified atom stereocenters. The SMILES string of the molecule is O=C1OC(c2ccccc2)=CC1=Cc1cccs1. The van der Waals surface area contributed by atoms with Crippen molar-refractivity contribution in [2.45, 2.75) is 0 Å². The maximum atomic E-state index is 11.7. The lowest BCUT2D eigenvalue weighted by Crippen LogP contribution is -1.96. The quantitative estimate of drug-likeness (QED) is 0.603. The van der Waals surface area contributed by atoms with E-state index in [0.29, 0.717) is 11.3 Å². The van der Waals surface area contributed by atoms with E-state index in [-0.39, 0.29) is 5.97 Å². The van der Waals surface area contributed by atoms with Crippen molar-refractivity contribution < 1.29 is 9.53 Å². The zero-order valence-electron chi connectivity index (χ0n) is 9.50. The van der Waals surface area contributed by atoms with E-state index in [2.05, 4.69) is 0 Å². The van der Waals surface area contributed by atoms with Crippen LogP contribution in [0.3, 0.4) is 0 Å². The van der Waals surface area contributed by atoms with Gasteiger partial charge in [0.2, 0.25) is 0 Å². The summed E-state index contributed by atoms with van der Waals surface area (Å²) in [4.78, 5) is 12.8. The summed E-state index contributed by atoms with van der Waals surface area (Å²) in [7, 11) is 0. The molecule has 3 heteroatoms. The summed E-state index contributed by atoms with van der Waals surface area (Å²) in [6.07, 6.45) is 3.64. The first-order valence-corrected chi connectivity index (χ1v) is 6.45. The molecule has 1 aliphatic rings. The Labute approximate surface area is 109 Å². The first kappa shape index (κ1) is 11.0. The molecule has 2 nitrogen and oxygen atoms in total. The molecule has 2 aromatic rings. The van der Waals surface area contributed by atoms with Crippen LogP contribution >= 0.6 is 11.3 Å². The van der Waals surface area contributed by atoms with Gasteiger partial charge >= 0.3 is 5.97 Å². The molecule has 0 bridgehead atoms. The summed E-state index contributed by atoms with van der Waals surface area (Å²) in [5, 5.41) is 1.98. The average Bonchev–Trinajstić information content (AvgIpc) is 3.02. The molecule has 0 radical (unpaired) electrons. The van der Waals surface area contributed by atoms with Crippen molar-refractivity contribution in [1.29, 1.82) is 0 Å². The van der Waals surface area contributed by atoms with Crippen molar-refractivity contribution >= 4 is 29.1 Å². The van der Waals surface area contributed by atoms with Gasteiger partial charge in [-0.1, -0.05) is 36.4 Å². The van der Waals surface area contributed by atoms with Crippen LogP contribution in [0, 0.1) is 0 Å². The Kier molecular flexibility index (Phi) is 2.82. The second-order valence-electron chi connectivity index (χ2n) is 3.88. The van der Waals surface area contributed by atoms with Crippen LogP contribution in [0.1, 0.15) is 10.4 Å². The van der Waals surface area contributed by atoms with Crippen molar-refractivity contribution in [2.75, 3.05) is 0 Å².